The van der Waals surface area contributed by atoms with E-state index < -0.39 is 5.41 Å². The zero-order chi connectivity index (χ0) is 46.2. The van der Waals surface area contributed by atoms with Gasteiger partial charge in [0.2, 0.25) is 0 Å². The van der Waals surface area contributed by atoms with Gasteiger partial charge in [0.1, 0.15) is 0 Å². The van der Waals surface area contributed by atoms with Crippen molar-refractivity contribution in [1.82, 2.24) is 0 Å². The first kappa shape index (κ1) is 39.9. The number of hydrogen-bond donors (Lipinski definition) is 0. The van der Waals surface area contributed by atoms with Gasteiger partial charge in [-0.3, -0.25) is 0 Å². The van der Waals surface area contributed by atoms with E-state index in [1.54, 1.807) is 0 Å². The van der Waals surface area contributed by atoms with Gasteiger partial charge in [-0.15, -0.1) is 0 Å². The van der Waals surface area contributed by atoms with E-state index in [0.29, 0.717) is 0 Å². The predicted octanol–water partition coefficient (Wildman–Crippen LogP) is 17.6. The topological polar surface area (TPSA) is 6.48 Å². The van der Waals surface area contributed by atoms with Crippen molar-refractivity contribution in [1.29, 1.82) is 0 Å². The van der Waals surface area contributed by atoms with Crippen LogP contribution in [-0.2, 0) is 16.2 Å². The maximum Gasteiger partial charge on any atom is 0.0754 e. The first-order chi connectivity index (χ1) is 33.7. The van der Waals surface area contributed by atoms with Gasteiger partial charge in [0.05, 0.1) is 16.8 Å². The molecule has 0 amide bonds. The molecule has 0 saturated carbocycles. The molecule has 14 rings (SSSR count). The number of benzene rings is 10. The highest BCUT2D eigenvalue weighted by Crippen LogP contribution is 2.65. The second kappa shape index (κ2) is 14.4. The zero-order valence-electron chi connectivity index (χ0n) is 39.3. The highest BCUT2D eigenvalue weighted by atomic mass is 15.2. The molecule has 4 aliphatic rings. The van der Waals surface area contributed by atoms with Crippen LogP contribution in [0.4, 0.5) is 34.1 Å². The van der Waals surface area contributed by atoms with Crippen LogP contribution in [0.3, 0.4) is 0 Å². The van der Waals surface area contributed by atoms with Crippen LogP contribution < -0.4 is 9.80 Å². The molecule has 0 saturated heterocycles. The molecule has 0 aromatic heterocycles. The number of anilines is 6. The van der Waals surface area contributed by atoms with Crippen molar-refractivity contribution >= 4 is 34.1 Å². The summed E-state index contributed by atoms with van der Waals surface area (Å²) in [7, 11) is 0. The largest absolute Gasteiger partial charge is 0.310 e. The SMILES string of the molecule is CC1(C)c2ccccc2-c2ccc(N(c3ccccc3)c3ccc4c(c3)C(C)(C)c3cc(-c5ccc6c(c5)[C@@]5(c7ccccc7)c7ccccc7N(c7ccccc7)c7cccc-6c75)ccc3-4)cc21. The molecule has 1 atom stereocenters. The van der Waals surface area contributed by atoms with Crippen LogP contribution in [0.15, 0.2) is 231 Å². The Bertz CT molecular complexity index is 3730. The van der Waals surface area contributed by atoms with Crippen molar-refractivity contribution in [3.8, 4) is 44.5 Å². The van der Waals surface area contributed by atoms with Crippen LogP contribution in [0.25, 0.3) is 44.5 Å². The molecule has 0 N–H and O–H groups in total. The summed E-state index contributed by atoms with van der Waals surface area (Å²) in [6.07, 6.45) is 0. The fourth-order valence-electron chi connectivity index (χ4n) is 13.0. The van der Waals surface area contributed by atoms with Gasteiger partial charge in [-0.1, -0.05) is 185 Å². The quantitative estimate of drug-likeness (QED) is 0.164. The van der Waals surface area contributed by atoms with Crippen LogP contribution in [0.2, 0.25) is 0 Å². The number of rotatable bonds is 6. The fourth-order valence-corrected chi connectivity index (χ4v) is 13.0. The van der Waals surface area contributed by atoms with E-state index in [0.717, 1.165) is 17.1 Å². The van der Waals surface area contributed by atoms with Crippen LogP contribution in [0.5, 0.6) is 0 Å². The number of nitrogens with zero attached hydrogens (tertiary/aromatic N) is 2. The highest BCUT2D eigenvalue weighted by molar-refractivity contribution is 6.00. The smallest absolute Gasteiger partial charge is 0.0754 e. The van der Waals surface area contributed by atoms with Crippen LogP contribution in [0.1, 0.15) is 72.2 Å². The van der Waals surface area contributed by atoms with E-state index in [1.807, 2.05) is 0 Å². The van der Waals surface area contributed by atoms with Crippen molar-refractivity contribution < 1.29 is 0 Å². The Kier molecular flexibility index (Phi) is 8.33. The summed E-state index contributed by atoms with van der Waals surface area (Å²) in [5.41, 5.74) is 27.4. The van der Waals surface area contributed by atoms with Crippen molar-refractivity contribution in [3.05, 3.63) is 275 Å². The third-order valence-electron chi connectivity index (χ3n) is 16.2. The molecule has 2 heteroatoms. The summed E-state index contributed by atoms with van der Waals surface area (Å²) >= 11 is 0. The number of para-hydroxylation sites is 3. The molecule has 2 nitrogen and oxygen atoms in total. The number of hydrogen-bond acceptors (Lipinski definition) is 2. The first-order valence-electron chi connectivity index (χ1n) is 24.4. The van der Waals surface area contributed by atoms with Gasteiger partial charge in [0.15, 0.2) is 0 Å². The Balaban J connectivity index is 0.889. The summed E-state index contributed by atoms with van der Waals surface area (Å²) in [5.74, 6) is 0. The summed E-state index contributed by atoms with van der Waals surface area (Å²) in [6.45, 7) is 9.56. The normalized spacial score (nSPS) is 16.7. The Morgan fingerprint density at radius 3 is 1.45 bits per heavy atom. The van der Waals surface area contributed by atoms with Gasteiger partial charge < -0.3 is 9.80 Å². The molecular formula is C67H50N2. The Morgan fingerprint density at radius 1 is 0.319 bits per heavy atom. The zero-order valence-corrected chi connectivity index (χ0v) is 39.3. The lowest BCUT2D eigenvalue weighted by Gasteiger charge is -2.44. The first-order valence-corrected chi connectivity index (χ1v) is 24.4. The molecule has 10 aromatic rings. The van der Waals surface area contributed by atoms with Crippen LogP contribution in [0, 0.1) is 0 Å². The van der Waals surface area contributed by atoms with Gasteiger partial charge in [0.25, 0.3) is 0 Å². The van der Waals surface area contributed by atoms with Gasteiger partial charge in [0, 0.05) is 39.1 Å². The van der Waals surface area contributed by atoms with Crippen molar-refractivity contribution in [3.63, 3.8) is 0 Å². The molecular weight excluding hydrogens is 833 g/mol. The second-order valence-corrected chi connectivity index (χ2v) is 20.5. The maximum atomic E-state index is 2.52. The highest BCUT2D eigenvalue weighted by Gasteiger charge is 2.52. The van der Waals surface area contributed by atoms with E-state index in [1.165, 1.54) is 106 Å². The van der Waals surface area contributed by atoms with E-state index in [2.05, 4.69) is 268 Å². The molecule has 0 unspecified atom stereocenters. The van der Waals surface area contributed by atoms with E-state index in [9.17, 15) is 0 Å². The Labute approximate surface area is 405 Å². The predicted molar refractivity (Wildman–Crippen MR) is 287 cm³/mol. The van der Waals surface area contributed by atoms with Crippen LogP contribution >= 0.6 is 0 Å². The van der Waals surface area contributed by atoms with Crippen molar-refractivity contribution in [2.45, 2.75) is 43.9 Å². The third kappa shape index (κ3) is 5.43. The lowest BCUT2D eigenvalue weighted by molar-refractivity contribution is 0.660. The maximum absolute atomic E-state index is 2.52. The molecule has 0 radical (unpaired) electrons. The lowest BCUT2D eigenvalue weighted by atomic mass is 9.64. The molecule has 10 aromatic carbocycles. The summed E-state index contributed by atoms with van der Waals surface area (Å²) < 4.78 is 0. The fraction of sp³-hybridized carbons (Fsp3) is 0.104. The Hall–Kier alpha value is -8.20. The van der Waals surface area contributed by atoms with Gasteiger partial charge in [-0.2, -0.15) is 0 Å². The van der Waals surface area contributed by atoms with Gasteiger partial charge in [-0.25, -0.2) is 0 Å². The minimum Gasteiger partial charge on any atom is -0.310 e. The number of fused-ring (bicyclic) bond motifs is 11. The van der Waals surface area contributed by atoms with E-state index in [-0.39, 0.29) is 10.8 Å². The molecule has 0 spiro atoms. The minimum atomic E-state index is -0.508. The molecule has 1 heterocycles. The molecule has 0 fully saturated rings. The Morgan fingerprint density at radius 2 is 0.783 bits per heavy atom. The van der Waals surface area contributed by atoms with E-state index in [4.69, 9.17) is 0 Å². The molecule has 3 aliphatic carbocycles. The van der Waals surface area contributed by atoms with Crippen molar-refractivity contribution in [2.75, 3.05) is 9.80 Å². The average molecular weight is 883 g/mol. The van der Waals surface area contributed by atoms with Crippen LogP contribution in [-0.4, -0.2) is 0 Å². The molecule has 0 bridgehead atoms. The molecule has 69 heavy (non-hydrogen) atoms. The summed E-state index contributed by atoms with van der Waals surface area (Å²) in [5, 5.41) is 0. The third-order valence-corrected chi connectivity index (χ3v) is 16.2. The van der Waals surface area contributed by atoms with Gasteiger partial charge in [-0.05, 0) is 156 Å². The minimum absolute atomic E-state index is 0.0953. The van der Waals surface area contributed by atoms with Gasteiger partial charge >= 0.3 is 0 Å². The molecule has 1 aliphatic heterocycles. The molecule has 328 valence electrons. The lowest BCUT2D eigenvalue weighted by Crippen LogP contribution is -2.35. The summed E-state index contributed by atoms with van der Waals surface area (Å²) in [4.78, 5) is 4.92. The van der Waals surface area contributed by atoms with Crippen molar-refractivity contribution in [2.24, 2.45) is 0 Å². The van der Waals surface area contributed by atoms with E-state index >= 15 is 0 Å². The average Bonchev–Trinajstić information content (AvgIpc) is 3.92. The monoisotopic (exact) mass is 882 g/mol. The second-order valence-electron chi connectivity index (χ2n) is 20.5. The standard InChI is InChI=1S/C67H50N2/c1-65(2)56-27-15-14-25-50(56)52-37-33-48(41-59(52)65)68(46-21-10-6-11-22-46)49-34-38-53-51-35-31-43(39-58(51)66(3,4)60(53)42-49)44-32-36-54-55-26-18-30-63-64(55)67(61(54)40-44,45-19-8-5-9-20-45)57-28-16-17-29-62(57)69(63)47-23-12-7-13-24-47/h5-42H,1-4H3/t67-/m1/s1. The summed E-state index contributed by atoms with van der Waals surface area (Å²) in [6, 6.07) is 86.6.